The third-order valence-electron chi connectivity index (χ3n) is 5.95. The minimum atomic E-state index is -2.61. The first-order valence-corrected chi connectivity index (χ1v) is 17.2. The number of hydrogen-bond acceptors (Lipinski definition) is 12. The maximum atomic E-state index is 12.1. The molecule has 0 aliphatic heterocycles. The van der Waals surface area contributed by atoms with Crippen molar-refractivity contribution in [1.82, 2.24) is 19.9 Å². The number of hydrogen-bond donors (Lipinski definition) is 4. The van der Waals surface area contributed by atoms with Crippen LogP contribution in [0.25, 0.3) is 0 Å². The Balaban J connectivity index is 0.000000403. The van der Waals surface area contributed by atoms with Gasteiger partial charge < -0.3 is 34.9 Å². The van der Waals surface area contributed by atoms with Gasteiger partial charge in [-0.3, -0.25) is 5.32 Å². The minimum absolute atomic E-state index is 0.0244. The number of halogens is 7. The van der Waals surface area contributed by atoms with Crippen molar-refractivity contribution in [1.29, 1.82) is 0 Å². The summed E-state index contributed by atoms with van der Waals surface area (Å²) >= 11 is 5.52. The van der Waals surface area contributed by atoms with Crippen molar-refractivity contribution in [3.63, 3.8) is 0 Å². The number of nitrogens with one attached hydrogen (secondary N) is 1. The van der Waals surface area contributed by atoms with Crippen LogP contribution in [0.2, 0.25) is 5.15 Å². The van der Waals surface area contributed by atoms with Crippen LogP contribution in [0, 0.1) is 27.7 Å². The molecule has 0 unspecified atom stereocenters. The molecule has 0 spiro atoms. The fourth-order valence-corrected chi connectivity index (χ4v) is 4.23. The van der Waals surface area contributed by atoms with Gasteiger partial charge in [0, 0.05) is 46.7 Å². The number of aryl methyl sites for hydroxylation is 4. The fraction of sp³-hybridized carbons (Fsp3) is 0.378. The number of aromatic carboxylic acids is 2. The van der Waals surface area contributed by atoms with E-state index in [0.29, 0.717) is 34.2 Å². The fourth-order valence-electron chi connectivity index (χ4n) is 3.98. The first-order chi connectivity index (χ1) is 27.3. The van der Waals surface area contributed by atoms with E-state index in [9.17, 15) is 40.7 Å². The Morgan fingerprint density at radius 3 is 1.44 bits per heavy atom. The average Bonchev–Trinajstić information content (AvgIpc) is 3.07. The molecule has 1 amide bonds. The summed E-state index contributed by atoms with van der Waals surface area (Å²) in [6, 6.07) is 11.2. The second kappa shape index (κ2) is 24.6. The van der Waals surface area contributed by atoms with Crippen LogP contribution < -0.4 is 25.3 Å². The Morgan fingerprint density at radius 2 is 1.03 bits per heavy atom. The Kier molecular flexibility index (Phi) is 21.2. The van der Waals surface area contributed by atoms with Gasteiger partial charge in [-0.15, -0.1) is 0 Å². The zero-order valence-electron chi connectivity index (χ0n) is 32.7. The Labute approximate surface area is 339 Å². The Hall–Kier alpha value is -6.12. The number of aromatic nitrogens is 4. The molecule has 4 heterocycles. The lowest BCUT2D eigenvalue weighted by atomic mass is 10.2. The smallest absolute Gasteiger partial charge is 0.412 e. The molecule has 324 valence electrons. The largest absolute Gasteiger partial charge is 0.478 e. The highest BCUT2D eigenvalue weighted by Gasteiger charge is 2.17. The molecular formula is C37H43ClF6N6O9. The predicted molar refractivity (Wildman–Crippen MR) is 204 cm³/mol. The van der Waals surface area contributed by atoms with Crippen LogP contribution in [0.5, 0.6) is 17.6 Å². The van der Waals surface area contributed by atoms with Crippen LogP contribution in [0.1, 0.15) is 64.3 Å². The Bertz CT molecular complexity index is 1950. The molecule has 0 saturated carbocycles. The van der Waals surface area contributed by atoms with Crippen molar-refractivity contribution in [2.45, 2.75) is 73.3 Å². The van der Waals surface area contributed by atoms with Crippen molar-refractivity contribution in [2.24, 2.45) is 0 Å². The SMILES string of the molecule is Cc1cc(C(=O)O)cc(Cl)n1.Cc1cc(C(=O)O)cc(OCC(F)F)n1.Cc1cc(N)cc(OCC(F)F)n1.Cc1cc(NC(=O)OC(C)(C)C)cc(OCC(F)F)n1. The summed E-state index contributed by atoms with van der Waals surface area (Å²) in [6.07, 6.45) is -8.33. The number of alkyl halides is 6. The molecular weight excluding hydrogens is 822 g/mol. The summed E-state index contributed by atoms with van der Waals surface area (Å²) in [5.41, 5.74) is 7.98. The molecule has 0 atom stereocenters. The molecule has 22 heteroatoms. The van der Waals surface area contributed by atoms with E-state index in [4.69, 9.17) is 37.0 Å². The van der Waals surface area contributed by atoms with Gasteiger partial charge in [0.25, 0.3) is 19.3 Å². The van der Waals surface area contributed by atoms with Gasteiger partial charge in [-0.25, -0.2) is 60.7 Å². The zero-order chi connectivity index (χ0) is 45.0. The van der Waals surface area contributed by atoms with Gasteiger partial charge in [0.1, 0.15) is 10.8 Å². The number of carbonyl (C=O) groups is 3. The predicted octanol–water partition coefficient (Wildman–Crippen LogP) is 8.47. The van der Waals surface area contributed by atoms with Crippen LogP contribution in [0.3, 0.4) is 0 Å². The molecule has 4 rings (SSSR count). The van der Waals surface area contributed by atoms with Gasteiger partial charge in [-0.1, -0.05) is 11.6 Å². The van der Waals surface area contributed by atoms with Gasteiger partial charge in [0.15, 0.2) is 19.8 Å². The number of anilines is 2. The second-order valence-corrected chi connectivity index (χ2v) is 13.1. The molecule has 0 radical (unpaired) electrons. The number of carbonyl (C=O) groups excluding carboxylic acids is 1. The van der Waals surface area contributed by atoms with Crippen LogP contribution in [-0.2, 0) is 4.74 Å². The quantitative estimate of drug-likeness (QED) is 0.0776. The molecule has 0 bridgehead atoms. The number of nitrogens with zero attached hydrogens (tertiary/aromatic N) is 4. The summed E-state index contributed by atoms with van der Waals surface area (Å²) < 4.78 is 90.5. The maximum Gasteiger partial charge on any atom is 0.412 e. The number of rotatable bonds is 12. The van der Waals surface area contributed by atoms with Gasteiger partial charge in [-0.05, 0) is 78.8 Å². The lowest BCUT2D eigenvalue weighted by Crippen LogP contribution is -2.27. The van der Waals surface area contributed by atoms with Gasteiger partial charge in [0.05, 0.1) is 16.8 Å². The third-order valence-corrected chi connectivity index (χ3v) is 6.14. The molecule has 0 aliphatic carbocycles. The van der Waals surface area contributed by atoms with Crippen LogP contribution >= 0.6 is 11.6 Å². The van der Waals surface area contributed by atoms with E-state index < -0.39 is 62.7 Å². The number of nitrogen functional groups attached to an aromatic ring is 1. The van der Waals surface area contributed by atoms with Crippen molar-refractivity contribution >= 4 is 41.0 Å². The van der Waals surface area contributed by atoms with Crippen LogP contribution in [0.4, 0.5) is 42.5 Å². The second-order valence-electron chi connectivity index (χ2n) is 12.7. The highest BCUT2D eigenvalue weighted by molar-refractivity contribution is 6.29. The third kappa shape index (κ3) is 23.6. The number of carboxylic acids is 2. The first-order valence-electron chi connectivity index (χ1n) is 16.9. The van der Waals surface area contributed by atoms with E-state index >= 15 is 0 Å². The maximum absolute atomic E-state index is 12.1. The molecule has 4 aromatic rings. The highest BCUT2D eigenvalue weighted by atomic mass is 35.5. The van der Waals surface area contributed by atoms with Gasteiger partial charge in [0.2, 0.25) is 17.6 Å². The molecule has 5 N–H and O–H groups in total. The summed E-state index contributed by atoms with van der Waals surface area (Å²) in [7, 11) is 0. The molecule has 0 aliphatic rings. The van der Waals surface area contributed by atoms with Crippen molar-refractivity contribution < 1.29 is 69.9 Å². The van der Waals surface area contributed by atoms with Crippen molar-refractivity contribution in [2.75, 3.05) is 30.9 Å². The monoisotopic (exact) mass is 864 g/mol. The van der Waals surface area contributed by atoms with Gasteiger partial charge >= 0.3 is 18.0 Å². The minimum Gasteiger partial charge on any atom is -0.478 e. The molecule has 0 fully saturated rings. The number of nitrogens with two attached hydrogens (primary N) is 1. The number of amides is 1. The van der Waals surface area contributed by atoms with E-state index in [2.05, 4.69) is 34.7 Å². The topological polar surface area (TPSA) is 218 Å². The lowest BCUT2D eigenvalue weighted by Gasteiger charge is -2.19. The number of ether oxygens (including phenoxy) is 4. The molecule has 4 aromatic heterocycles. The number of carboxylic acid groups (broad SMARTS) is 2. The van der Waals surface area contributed by atoms with Gasteiger partial charge in [-0.2, -0.15) is 0 Å². The molecule has 0 saturated heterocycles. The van der Waals surface area contributed by atoms with Crippen molar-refractivity contribution in [3.8, 4) is 17.6 Å². The zero-order valence-corrected chi connectivity index (χ0v) is 33.5. The van der Waals surface area contributed by atoms with E-state index in [1.165, 1.54) is 30.3 Å². The molecule has 0 aromatic carbocycles. The van der Waals surface area contributed by atoms with E-state index in [1.807, 2.05) is 0 Å². The summed E-state index contributed by atoms with van der Waals surface area (Å²) in [5, 5.41) is 19.9. The van der Waals surface area contributed by atoms with E-state index in [1.54, 1.807) is 60.6 Å². The molecule has 59 heavy (non-hydrogen) atoms. The number of pyridine rings is 4. The summed E-state index contributed by atoms with van der Waals surface area (Å²) in [5.74, 6) is -2.08. The van der Waals surface area contributed by atoms with Crippen LogP contribution in [0.15, 0.2) is 48.5 Å². The highest BCUT2D eigenvalue weighted by Crippen LogP contribution is 2.19. The van der Waals surface area contributed by atoms with Crippen molar-refractivity contribution in [3.05, 3.63) is 87.6 Å². The standard InChI is InChI=1S/C13H18F2N2O3.C9H9F2NO3.C8H10F2N2O.C7H6ClNO2/c1-8-5-9(17-12(18)20-13(2,3)4)6-11(16-8)19-7-10(14)15;1-5-2-6(9(13)14)3-8(12-5)15-4-7(10)11;1-5-2-6(11)3-8(12-5)13-4-7(9)10;1-4-2-5(7(10)11)3-6(8)9-4/h5-6,10H,7H2,1-4H3,(H,16,17,18);2-3,7H,4H2,1H3,(H,13,14);2-3,7H,4H2,1H3,(H2,11,12);2-3H,1H3,(H,10,11). The summed E-state index contributed by atoms with van der Waals surface area (Å²) in [6.45, 7) is 9.64. The van der Waals surface area contributed by atoms with Crippen LogP contribution in [-0.4, -0.2) is 92.9 Å². The first kappa shape index (κ1) is 50.9. The molecule has 15 nitrogen and oxygen atoms in total. The van der Waals surface area contributed by atoms with E-state index in [-0.39, 0.29) is 33.9 Å². The van der Waals surface area contributed by atoms with E-state index in [0.717, 1.165) is 6.07 Å². The Morgan fingerprint density at radius 1 is 0.644 bits per heavy atom. The average molecular weight is 865 g/mol. The summed E-state index contributed by atoms with van der Waals surface area (Å²) in [4.78, 5) is 48.0. The normalized spacial score (nSPS) is 10.6. The lowest BCUT2D eigenvalue weighted by molar-refractivity contribution is 0.0632.